The smallest absolute Gasteiger partial charge is 0.462 e. The van der Waals surface area contributed by atoms with Crippen LogP contribution in [0.2, 0.25) is 0 Å². The Morgan fingerprint density at radius 1 is 0.560 bits per heavy atom. The third kappa shape index (κ3) is 38.8. The lowest BCUT2D eigenvalue weighted by atomic mass is 10.0. The van der Waals surface area contributed by atoms with Gasteiger partial charge >= 0.3 is 19.8 Å². The van der Waals surface area contributed by atoms with Crippen molar-refractivity contribution < 1.29 is 43.0 Å². The molecule has 0 aliphatic rings. The topological polar surface area (TPSA) is 140 Å². The van der Waals surface area contributed by atoms with Gasteiger partial charge in [-0.05, 0) is 57.8 Å². The number of unbranched alkanes of at least 4 members (excludes halogenated alkanes) is 17. The molecule has 0 saturated carbocycles. The van der Waals surface area contributed by atoms with Crippen LogP contribution in [0.3, 0.4) is 0 Å². The predicted molar refractivity (Wildman–Crippen MR) is 204 cm³/mol. The van der Waals surface area contributed by atoms with E-state index in [0.717, 1.165) is 57.8 Å². The van der Waals surface area contributed by atoms with Gasteiger partial charge in [-0.2, -0.15) is 0 Å². The first-order valence-corrected chi connectivity index (χ1v) is 21.1. The summed E-state index contributed by atoms with van der Waals surface area (Å²) in [6, 6.07) is 0. The molecule has 0 saturated heterocycles. The normalized spacial score (nSPS) is 13.0. The highest BCUT2D eigenvalue weighted by Crippen LogP contribution is 2.36. The number of aliphatic hydroxyl groups excluding tert-OH is 1. The maximum Gasteiger partial charge on any atom is 0.469 e. The molecule has 0 unspecified atom stereocenters. The fourth-order valence-corrected chi connectivity index (χ4v) is 5.59. The summed E-state index contributed by atoms with van der Waals surface area (Å²) in [5.74, 6) is -0.963. The lowest BCUT2D eigenvalue weighted by Crippen LogP contribution is -2.29. The van der Waals surface area contributed by atoms with E-state index in [1.165, 1.54) is 70.6 Å². The van der Waals surface area contributed by atoms with E-state index < -0.39 is 32.5 Å². The first-order chi connectivity index (χ1) is 24.3. The SMILES string of the molecule is CCCCCCCCCCCCCCCCC(=O)OC[C@H](COP(=O)(O)O)OC(=O)CCC/C=C\C/C=C\C/C=C\C/C=C\CCCCCO. The molecule has 0 heterocycles. The summed E-state index contributed by atoms with van der Waals surface area (Å²) in [6.07, 6.45) is 41.3. The van der Waals surface area contributed by atoms with E-state index in [-0.39, 0.29) is 26.1 Å². The molecule has 290 valence electrons. The minimum Gasteiger partial charge on any atom is -0.462 e. The molecular weight excluding hydrogens is 655 g/mol. The molecule has 0 aromatic rings. The van der Waals surface area contributed by atoms with E-state index in [9.17, 15) is 14.2 Å². The zero-order valence-electron chi connectivity index (χ0n) is 31.2. The van der Waals surface area contributed by atoms with Crippen LogP contribution in [-0.2, 0) is 28.2 Å². The van der Waals surface area contributed by atoms with Crippen molar-refractivity contribution in [3.8, 4) is 0 Å². The molecule has 0 bridgehead atoms. The van der Waals surface area contributed by atoms with Crippen molar-refractivity contribution in [1.82, 2.24) is 0 Å². The van der Waals surface area contributed by atoms with Crippen LogP contribution in [0, 0.1) is 0 Å². The van der Waals surface area contributed by atoms with Gasteiger partial charge in [0.2, 0.25) is 0 Å². The van der Waals surface area contributed by atoms with Gasteiger partial charge in [-0.25, -0.2) is 4.57 Å². The molecule has 0 rings (SSSR count). The Hall–Kier alpha value is -2.03. The molecular formula is C40H71O9P. The fourth-order valence-electron chi connectivity index (χ4n) is 5.23. The molecule has 0 aromatic carbocycles. The largest absolute Gasteiger partial charge is 0.469 e. The van der Waals surface area contributed by atoms with Crippen LogP contribution in [-0.4, -0.2) is 52.8 Å². The third-order valence-corrected chi connectivity index (χ3v) is 8.64. The molecule has 0 spiro atoms. The summed E-state index contributed by atoms with van der Waals surface area (Å²) >= 11 is 0. The molecule has 0 radical (unpaired) electrons. The lowest BCUT2D eigenvalue weighted by Gasteiger charge is -2.18. The van der Waals surface area contributed by atoms with Crippen LogP contribution in [0.4, 0.5) is 0 Å². The van der Waals surface area contributed by atoms with Gasteiger partial charge in [0, 0.05) is 19.4 Å². The number of aliphatic hydroxyl groups is 1. The monoisotopic (exact) mass is 726 g/mol. The van der Waals surface area contributed by atoms with Crippen molar-refractivity contribution in [2.45, 2.75) is 174 Å². The Labute approximate surface area is 304 Å². The summed E-state index contributed by atoms with van der Waals surface area (Å²) in [5, 5.41) is 8.77. The predicted octanol–water partition coefficient (Wildman–Crippen LogP) is 10.5. The number of carbonyl (C=O) groups is 2. The fraction of sp³-hybridized carbons (Fsp3) is 0.750. The van der Waals surface area contributed by atoms with Crippen molar-refractivity contribution in [3.63, 3.8) is 0 Å². The zero-order chi connectivity index (χ0) is 36.8. The Morgan fingerprint density at radius 3 is 1.50 bits per heavy atom. The Kier molecular flexibility index (Phi) is 35.3. The van der Waals surface area contributed by atoms with Crippen LogP contribution in [0.5, 0.6) is 0 Å². The molecule has 3 N–H and O–H groups in total. The van der Waals surface area contributed by atoms with Crippen molar-refractivity contribution >= 4 is 19.8 Å². The summed E-state index contributed by atoms with van der Waals surface area (Å²) < 4.78 is 26.3. The average molecular weight is 727 g/mol. The van der Waals surface area contributed by atoms with Crippen molar-refractivity contribution in [3.05, 3.63) is 48.6 Å². The van der Waals surface area contributed by atoms with E-state index in [0.29, 0.717) is 19.3 Å². The zero-order valence-corrected chi connectivity index (χ0v) is 32.1. The van der Waals surface area contributed by atoms with Crippen molar-refractivity contribution in [2.24, 2.45) is 0 Å². The third-order valence-electron chi connectivity index (χ3n) is 8.16. The summed E-state index contributed by atoms with van der Waals surface area (Å²) in [5.41, 5.74) is 0. The number of ether oxygens (including phenoxy) is 2. The van der Waals surface area contributed by atoms with Gasteiger partial charge in [-0.1, -0.05) is 145 Å². The number of allylic oxidation sites excluding steroid dienone is 8. The highest BCUT2D eigenvalue weighted by atomic mass is 31.2. The van der Waals surface area contributed by atoms with Crippen molar-refractivity contribution in [2.75, 3.05) is 19.8 Å². The van der Waals surface area contributed by atoms with Gasteiger partial charge in [-0.3, -0.25) is 14.1 Å². The average Bonchev–Trinajstić information content (AvgIpc) is 3.08. The van der Waals surface area contributed by atoms with Crippen LogP contribution >= 0.6 is 7.82 Å². The molecule has 10 heteroatoms. The van der Waals surface area contributed by atoms with Crippen LogP contribution < -0.4 is 0 Å². The number of hydrogen-bond acceptors (Lipinski definition) is 7. The number of phosphoric acid groups is 1. The van der Waals surface area contributed by atoms with Gasteiger partial charge in [0.05, 0.1) is 6.61 Å². The van der Waals surface area contributed by atoms with Crippen molar-refractivity contribution in [1.29, 1.82) is 0 Å². The highest BCUT2D eigenvalue weighted by Gasteiger charge is 2.22. The van der Waals surface area contributed by atoms with E-state index in [2.05, 4.69) is 47.9 Å². The van der Waals surface area contributed by atoms with E-state index in [4.69, 9.17) is 24.4 Å². The summed E-state index contributed by atoms with van der Waals surface area (Å²) in [4.78, 5) is 42.7. The van der Waals surface area contributed by atoms with Crippen LogP contribution in [0.25, 0.3) is 0 Å². The second-order valence-electron chi connectivity index (χ2n) is 13.0. The highest BCUT2D eigenvalue weighted by molar-refractivity contribution is 7.46. The van der Waals surface area contributed by atoms with Gasteiger partial charge in [0.1, 0.15) is 6.61 Å². The lowest BCUT2D eigenvalue weighted by molar-refractivity contribution is -0.161. The second kappa shape index (κ2) is 36.8. The molecule has 0 amide bonds. The Balaban J connectivity index is 4.05. The Morgan fingerprint density at radius 2 is 1.00 bits per heavy atom. The standard InChI is InChI=1S/C40H71O9P/c1-2-3-4-5-6-7-8-9-15-18-21-24-27-30-33-39(42)47-36-38(37-48-50(44,45)46)49-40(43)34-31-28-25-22-19-16-13-11-10-12-14-17-20-23-26-29-32-35-41/h10,12-13,16-17,20,22,25,38,41H,2-9,11,14-15,18-19,21,23-24,26-37H2,1H3,(H2,44,45,46)/b12-10-,16-13-,20-17-,25-22-/t38-/m1/s1. The van der Waals surface area contributed by atoms with Gasteiger partial charge in [0.15, 0.2) is 6.10 Å². The first kappa shape index (κ1) is 48.0. The van der Waals surface area contributed by atoms with E-state index >= 15 is 0 Å². The number of rotatable bonds is 36. The summed E-state index contributed by atoms with van der Waals surface area (Å²) in [7, 11) is -4.77. The molecule has 0 fully saturated rings. The molecule has 0 aliphatic carbocycles. The molecule has 9 nitrogen and oxygen atoms in total. The second-order valence-corrected chi connectivity index (χ2v) is 14.2. The minimum atomic E-state index is -4.77. The Bertz CT molecular complexity index is 954. The maximum atomic E-state index is 12.3. The first-order valence-electron chi connectivity index (χ1n) is 19.5. The minimum absolute atomic E-state index is 0.126. The molecule has 0 aliphatic heterocycles. The number of esters is 2. The number of hydrogen-bond donors (Lipinski definition) is 3. The van der Waals surface area contributed by atoms with Gasteiger partial charge < -0.3 is 24.4 Å². The van der Waals surface area contributed by atoms with Gasteiger partial charge in [0.25, 0.3) is 0 Å². The summed E-state index contributed by atoms with van der Waals surface area (Å²) in [6.45, 7) is 1.65. The van der Waals surface area contributed by atoms with Gasteiger partial charge in [-0.15, -0.1) is 0 Å². The number of phosphoric ester groups is 1. The maximum absolute atomic E-state index is 12.3. The van der Waals surface area contributed by atoms with E-state index in [1.807, 2.05) is 12.2 Å². The van der Waals surface area contributed by atoms with Crippen LogP contribution in [0.15, 0.2) is 48.6 Å². The number of carbonyl (C=O) groups excluding carboxylic acids is 2. The molecule has 50 heavy (non-hydrogen) atoms. The van der Waals surface area contributed by atoms with E-state index in [1.54, 1.807) is 0 Å². The van der Waals surface area contributed by atoms with Crippen LogP contribution in [0.1, 0.15) is 167 Å². The quantitative estimate of drug-likeness (QED) is 0.0249. The molecule has 1 atom stereocenters. The molecule has 0 aromatic heterocycles.